The van der Waals surface area contributed by atoms with E-state index < -0.39 is 0 Å². The Balaban J connectivity index is 1.25. The number of benzene rings is 3. The molecule has 146 valence electrons. The molecule has 30 heavy (non-hydrogen) atoms. The first-order valence-electron chi connectivity index (χ1n) is 9.68. The minimum absolute atomic E-state index is 0.104. The molecule has 0 unspecified atom stereocenters. The summed E-state index contributed by atoms with van der Waals surface area (Å²) in [6.07, 6.45) is 5.44. The minimum Gasteiger partial charge on any atom is -0.348 e. The number of nitrogens with one attached hydrogen (secondary N) is 1. The van der Waals surface area contributed by atoms with Crippen LogP contribution < -0.4 is 5.32 Å². The maximum atomic E-state index is 12.5. The van der Waals surface area contributed by atoms with Gasteiger partial charge in [-0.2, -0.15) is 5.10 Å². The van der Waals surface area contributed by atoms with Gasteiger partial charge in [-0.15, -0.1) is 0 Å². The second kappa shape index (κ2) is 7.67. The van der Waals surface area contributed by atoms with Crippen molar-refractivity contribution in [2.24, 2.45) is 0 Å². The molecule has 0 aliphatic heterocycles. The third kappa shape index (κ3) is 3.46. The van der Waals surface area contributed by atoms with Gasteiger partial charge in [-0.25, -0.2) is 9.67 Å². The first-order valence-corrected chi connectivity index (χ1v) is 9.68. The van der Waals surface area contributed by atoms with Crippen molar-refractivity contribution in [1.29, 1.82) is 0 Å². The Morgan fingerprint density at radius 3 is 2.40 bits per heavy atom. The summed E-state index contributed by atoms with van der Waals surface area (Å²) in [6, 6.07) is 25.3. The van der Waals surface area contributed by atoms with Crippen molar-refractivity contribution in [1.82, 2.24) is 24.6 Å². The highest BCUT2D eigenvalue weighted by molar-refractivity contribution is 5.94. The van der Waals surface area contributed by atoms with Gasteiger partial charge in [0.25, 0.3) is 5.91 Å². The van der Waals surface area contributed by atoms with Crippen LogP contribution in [0.15, 0.2) is 97.6 Å². The lowest BCUT2D eigenvalue weighted by Crippen LogP contribution is -2.22. The maximum absolute atomic E-state index is 12.5. The van der Waals surface area contributed by atoms with Crippen molar-refractivity contribution in [3.8, 4) is 11.4 Å². The van der Waals surface area contributed by atoms with Gasteiger partial charge in [-0.05, 0) is 60.2 Å². The lowest BCUT2D eigenvalue weighted by molar-refractivity contribution is 0.0951. The second-order valence-corrected chi connectivity index (χ2v) is 6.95. The van der Waals surface area contributed by atoms with Crippen LogP contribution in [0.1, 0.15) is 15.9 Å². The number of carbonyl (C=O) groups excluding carboxylic acids is 1. The Bertz CT molecular complexity index is 1290. The summed E-state index contributed by atoms with van der Waals surface area (Å²) in [5.74, 6) is -0.104. The van der Waals surface area contributed by atoms with Crippen molar-refractivity contribution in [3.05, 3.63) is 109 Å². The van der Waals surface area contributed by atoms with E-state index in [1.807, 2.05) is 89.6 Å². The fourth-order valence-electron chi connectivity index (χ4n) is 3.41. The Labute approximate surface area is 173 Å². The van der Waals surface area contributed by atoms with Crippen molar-refractivity contribution in [2.45, 2.75) is 6.54 Å². The SMILES string of the molecule is O=C(NCc1ccc(-n2cccn2)cc1)c1ccc(-n2cnc3ccccc32)cc1. The summed E-state index contributed by atoms with van der Waals surface area (Å²) in [7, 11) is 0. The van der Waals surface area contributed by atoms with E-state index in [4.69, 9.17) is 0 Å². The topological polar surface area (TPSA) is 64.7 Å². The Hall–Kier alpha value is -4.19. The van der Waals surface area contributed by atoms with Gasteiger partial charge >= 0.3 is 0 Å². The molecule has 5 rings (SSSR count). The molecule has 0 aliphatic carbocycles. The Morgan fingerprint density at radius 1 is 0.867 bits per heavy atom. The molecule has 6 heteroatoms. The lowest BCUT2D eigenvalue weighted by Gasteiger charge is -2.08. The number of fused-ring (bicyclic) bond motifs is 1. The second-order valence-electron chi connectivity index (χ2n) is 6.95. The van der Waals surface area contributed by atoms with Crippen LogP contribution in [0.3, 0.4) is 0 Å². The van der Waals surface area contributed by atoms with Crippen LogP contribution in [0.25, 0.3) is 22.4 Å². The van der Waals surface area contributed by atoms with E-state index in [1.54, 1.807) is 17.2 Å². The van der Waals surface area contributed by atoms with Crippen molar-refractivity contribution in [3.63, 3.8) is 0 Å². The van der Waals surface area contributed by atoms with Crippen molar-refractivity contribution >= 4 is 16.9 Å². The van der Waals surface area contributed by atoms with E-state index in [-0.39, 0.29) is 5.91 Å². The summed E-state index contributed by atoms with van der Waals surface area (Å²) >= 11 is 0. The first-order chi connectivity index (χ1) is 14.8. The van der Waals surface area contributed by atoms with Gasteiger partial charge in [-0.3, -0.25) is 9.36 Å². The van der Waals surface area contributed by atoms with E-state index in [0.29, 0.717) is 12.1 Å². The van der Waals surface area contributed by atoms with E-state index in [1.165, 1.54) is 0 Å². The summed E-state index contributed by atoms with van der Waals surface area (Å²) < 4.78 is 3.81. The monoisotopic (exact) mass is 393 g/mol. The molecule has 1 amide bonds. The summed E-state index contributed by atoms with van der Waals surface area (Å²) in [4.78, 5) is 17.0. The zero-order valence-corrected chi connectivity index (χ0v) is 16.1. The molecule has 3 aromatic carbocycles. The Morgan fingerprint density at radius 2 is 1.63 bits per heavy atom. The van der Waals surface area contributed by atoms with Crippen LogP contribution >= 0.6 is 0 Å². The van der Waals surface area contributed by atoms with E-state index in [0.717, 1.165) is 28.0 Å². The number of imidazole rings is 1. The predicted molar refractivity (Wildman–Crippen MR) is 116 cm³/mol. The highest BCUT2D eigenvalue weighted by Crippen LogP contribution is 2.18. The third-order valence-electron chi connectivity index (χ3n) is 5.02. The summed E-state index contributed by atoms with van der Waals surface area (Å²) in [5.41, 5.74) is 5.58. The highest BCUT2D eigenvalue weighted by atomic mass is 16.1. The number of para-hydroxylation sites is 2. The molecule has 0 saturated carbocycles. The number of amides is 1. The number of nitrogens with zero attached hydrogens (tertiary/aromatic N) is 4. The van der Waals surface area contributed by atoms with Crippen LogP contribution in [0.2, 0.25) is 0 Å². The van der Waals surface area contributed by atoms with Crippen LogP contribution in [0.5, 0.6) is 0 Å². The van der Waals surface area contributed by atoms with Crippen molar-refractivity contribution in [2.75, 3.05) is 0 Å². The molecule has 6 nitrogen and oxygen atoms in total. The molecule has 0 atom stereocenters. The summed E-state index contributed by atoms with van der Waals surface area (Å²) in [5, 5.41) is 7.19. The number of rotatable bonds is 5. The minimum atomic E-state index is -0.104. The van der Waals surface area contributed by atoms with E-state index in [9.17, 15) is 4.79 Å². The number of carbonyl (C=O) groups is 1. The van der Waals surface area contributed by atoms with Gasteiger partial charge in [0.2, 0.25) is 0 Å². The number of hydrogen-bond donors (Lipinski definition) is 1. The zero-order valence-electron chi connectivity index (χ0n) is 16.1. The molecule has 2 aromatic heterocycles. The Kier molecular flexibility index (Phi) is 4.57. The molecule has 5 aromatic rings. The molecule has 1 N–H and O–H groups in total. The smallest absolute Gasteiger partial charge is 0.251 e. The van der Waals surface area contributed by atoms with Gasteiger partial charge in [0, 0.05) is 30.2 Å². The molecule has 0 bridgehead atoms. The van der Waals surface area contributed by atoms with Crippen molar-refractivity contribution < 1.29 is 4.79 Å². The molecule has 0 radical (unpaired) electrons. The lowest BCUT2D eigenvalue weighted by atomic mass is 10.1. The van der Waals surface area contributed by atoms with Crippen LogP contribution in [0.4, 0.5) is 0 Å². The zero-order chi connectivity index (χ0) is 20.3. The molecular weight excluding hydrogens is 374 g/mol. The third-order valence-corrected chi connectivity index (χ3v) is 5.02. The van der Waals surface area contributed by atoms with Crippen LogP contribution in [-0.2, 0) is 6.54 Å². The average molecular weight is 393 g/mol. The predicted octanol–water partition coefficient (Wildman–Crippen LogP) is 4.14. The molecule has 0 spiro atoms. The van der Waals surface area contributed by atoms with Gasteiger partial charge in [0.05, 0.1) is 16.7 Å². The van der Waals surface area contributed by atoms with Gasteiger partial charge in [-0.1, -0.05) is 24.3 Å². The maximum Gasteiger partial charge on any atom is 0.251 e. The molecule has 0 saturated heterocycles. The molecular formula is C24H19N5O. The summed E-state index contributed by atoms with van der Waals surface area (Å²) in [6.45, 7) is 0.464. The highest BCUT2D eigenvalue weighted by Gasteiger charge is 2.08. The normalized spacial score (nSPS) is 10.9. The standard InChI is InChI=1S/C24H19N5O/c30-24(25-16-18-6-10-21(11-7-18)29-15-3-14-27-29)19-8-12-20(13-9-19)28-17-26-22-4-1-2-5-23(22)28/h1-15,17H,16H2,(H,25,30). The first kappa shape index (κ1) is 17.9. The van der Waals surface area contributed by atoms with Gasteiger partial charge < -0.3 is 5.32 Å². The van der Waals surface area contributed by atoms with Crippen LogP contribution in [-0.4, -0.2) is 25.2 Å². The fraction of sp³-hybridized carbons (Fsp3) is 0.0417. The quantitative estimate of drug-likeness (QED) is 0.488. The molecule has 2 heterocycles. The number of hydrogen-bond acceptors (Lipinski definition) is 3. The van der Waals surface area contributed by atoms with Gasteiger partial charge in [0.15, 0.2) is 0 Å². The molecule has 0 aliphatic rings. The average Bonchev–Trinajstić information content (AvgIpc) is 3.48. The fourth-order valence-corrected chi connectivity index (χ4v) is 3.41. The van der Waals surface area contributed by atoms with Crippen LogP contribution in [0, 0.1) is 0 Å². The van der Waals surface area contributed by atoms with Gasteiger partial charge in [0.1, 0.15) is 6.33 Å². The molecule has 0 fully saturated rings. The number of aromatic nitrogens is 4. The largest absolute Gasteiger partial charge is 0.348 e. The van der Waals surface area contributed by atoms with E-state index in [2.05, 4.69) is 15.4 Å². The van der Waals surface area contributed by atoms with E-state index >= 15 is 0 Å².